The molecule has 0 N–H and O–H groups in total. The van der Waals surface area contributed by atoms with E-state index in [0.29, 0.717) is 6.42 Å². The van der Waals surface area contributed by atoms with Crippen molar-refractivity contribution < 1.29 is 4.79 Å². The number of carbonyl (C=O) groups is 1. The van der Waals surface area contributed by atoms with Gasteiger partial charge in [-0.25, -0.2) is 0 Å². The Balaban J connectivity index is 3.08. The SMILES string of the molecule is CC(=O)CC(C)(C)c1cc(C)cc(C)c1. The Morgan fingerprint density at radius 2 is 1.60 bits per heavy atom. The Bertz CT molecular complexity index is 355. The summed E-state index contributed by atoms with van der Waals surface area (Å²) in [5.74, 6) is 0.249. The number of benzene rings is 1. The van der Waals surface area contributed by atoms with Crippen molar-refractivity contribution in [2.45, 2.75) is 46.5 Å². The number of aryl methyl sites for hydroxylation is 2. The van der Waals surface area contributed by atoms with Crippen LogP contribution in [0.4, 0.5) is 0 Å². The predicted octanol–water partition coefficient (Wildman–Crippen LogP) is 3.56. The first-order valence-electron chi connectivity index (χ1n) is 5.39. The Hall–Kier alpha value is -1.11. The third kappa shape index (κ3) is 3.19. The monoisotopic (exact) mass is 204 g/mol. The van der Waals surface area contributed by atoms with Gasteiger partial charge >= 0.3 is 0 Å². The second-order valence-electron chi connectivity index (χ2n) is 5.14. The van der Waals surface area contributed by atoms with Crippen molar-refractivity contribution in [2.75, 3.05) is 0 Å². The Morgan fingerprint density at radius 1 is 1.13 bits per heavy atom. The van der Waals surface area contributed by atoms with E-state index in [1.807, 2.05) is 0 Å². The number of carbonyl (C=O) groups excluding carboxylic acids is 1. The van der Waals surface area contributed by atoms with E-state index >= 15 is 0 Å². The van der Waals surface area contributed by atoms with Crippen LogP contribution in [0.1, 0.15) is 43.9 Å². The number of hydrogen-bond donors (Lipinski definition) is 0. The molecule has 0 unspecified atom stereocenters. The number of Topliss-reactive ketones (excluding diaryl/α,β-unsaturated/α-hetero) is 1. The zero-order valence-corrected chi connectivity index (χ0v) is 10.3. The van der Waals surface area contributed by atoms with Crippen LogP contribution in [0.5, 0.6) is 0 Å². The Kier molecular flexibility index (Phi) is 3.33. The highest BCUT2D eigenvalue weighted by Crippen LogP contribution is 2.28. The van der Waals surface area contributed by atoms with E-state index in [4.69, 9.17) is 0 Å². The van der Waals surface area contributed by atoms with Crippen molar-refractivity contribution in [2.24, 2.45) is 0 Å². The van der Waals surface area contributed by atoms with Crippen LogP contribution in [0.25, 0.3) is 0 Å². The summed E-state index contributed by atoms with van der Waals surface area (Å²) >= 11 is 0. The highest BCUT2D eigenvalue weighted by atomic mass is 16.1. The van der Waals surface area contributed by atoms with Gasteiger partial charge in [0.05, 0.1) is 0 Å². The molecule has 1 rings (SSSR count). The fourth-order valence-corrected chi connectivity index (χ4v) is 2.09. The highest BCUT2D eigenvalue weighted by Gasteiger charge is 2.22. The Morgan fingerprint density at radius 3 is 2.00 bits per heavy atom. The van der Waals surface area contributed by atoms with E-state index in [0.717, 1.165) is 0 Å². The standard InChI is InChI=1S/C14H20O/c1-10-6-11(2)8-13(7-10)14(4,5)9-12(3)15/h6-8H,9H2,1-5H3. The molecule has 0 radical (unpaired) electrons. The number of hydrogen-bond acceptors (Lipinski definition) is 1. The third-order valence-electron chi connectivity index (χ3n) is 2.69. The lowest BCUT2D eigenvalue weighted by Crippen LogP contribution is -2.20. The quantitative estimate of drug-likeness (QED) is 0.735. The summed E-state index contributed by atoms with van der Waals surface area (Å²) in [5, 5.41) is 0. The van der Waals surface area contributed by atoms with Gasteiger partial charge in [0.1, 0.15) is 5.78 Å². The Labute approximate surface area is 92.5 Å². The van der Waals surface area contributed by atoms with Crippen molar-refractivity contribution in [3.05, 3.63) is 34.9 Å². The molecule has 1 heteroatoms. The van der Waals surface area contributed by atoms with Crippen LogP contribution < -0.4 is 0 Å². The van der Waals surface area contributed by atoms with Crippen molar-refractivity contribution >= 4 is 5.78 Å². The van der Waals surface area contributed by atoms with Crippen LogP contribution in [-0.2, 0) is 10.2 Å². The molecule has 0 aliphatic heterocycles. The first kappa shape index (κ1) is 12.0. The molecule has 0 amide bonds. The van der Waals surface area contributed by atoms with E-state index in [1.165, 1.54) is 16.7 Å². The fourth-order valence-electron chi connectivity index (χ4n) is 2.09. The average Bonchev–Trinajstić information content (AvgIpc) is 1.99. The maximum Gasteiger partial charge on any atom is 0.130 e. The summed E-state index contributed by atoms with van der Waals surface area (Å²) < 4.78 is 0. The molecule has 0 bridgehead atoms. The van der Waals surface area contributed by atoms with Crippen molar-refractivity contribution in [1.82, 2.24) is 0 Å². The normalized spacial score (nSPS) is 11.5. The highest BCUT2D eigenvalue weighted by molar-refractivity contribution is 5.77. The van der Waals surface area contributed by atoms with Crippen LogP contribution >= 0.6 is 0 Å². The van der Waals surface area contributed by atoms with Crippen molar-refractivity contribution in [3.8, 4) is 0 Å². The summed E-state index contributed by atoms with van der Waals surface area (Å²) in [6, 6.07) is 6.51. The molecule has 15 heavy (non-hydrogen) atoms. The van der Waals surface area contributed by atoms with Crippen LogP contribution in [0.3, 0.4) is 0 Å². The van der Waals surface area contributed by atoms with E-state index in [9.17, 15) is 4.79 Å². The summed E-state index contributed by atoms with van der Waals surface area (Å²) in [7, 11) is 0. The largest absolute Gasteiger partial charge is 0.300 e. The molecule has 0 atom stereocenters. The maximum absolute atomic E-state index is 11.2. The van der Waals surface area contributed by atoms with Gasteiger partial charge in [-0.15, -0.1) is 0 Å². The van der Waals surface area contributed by atoms with Gasteiger partial charge in [0.15, 0.2) is 0 Å². The van der Waals surface area contributed by atoms with Gasteiger partial charge in [0, 0.05) is 6.42 Å². The maximum atomic E-state index is 11.2. The topological polar surface area (TPSA) is 17.1 Å². The van der Waals surface area contributed by atoms with Gasteiger partial charge in [-0.3, -0.25) is 4.79 Å². The molecule has 1 aromatic rings. The molecule has 0 aromatic heterocycles. The second-order valence-corrected chi connectivity index (χ2v) is 5.14. The van der Waals surface area contributed by atoms with E-state index < -0.39 is 0 Å². The van der Waals surface area contributed by atoms with Gasteiger partial charge < -0.3 is 0 Å². The van der Waals surface area contributed by atoms with Gasteiger partial charge in [0.2, 0.25) is 0 Å². The third-order valence-corrected chi connectivity index (χ3v) is 2.69. The van der Waals surface area contributed by atoms with Crippen LogP contribution in [0.2, 0.25) is 0 Å². The molecule has 0 spiro atoms. The minimum absolute atomic E-state index is 0.0530. The van der Waals surface area contributed by atoms with Gasteiger partial charge in [-0.05, 0) is 31.7 Å². The first-order valence-corrected chi connectivity index (χ1v) is 5.39. The molecule has 0 heterocycles. The van der Waals surface area contributed by atoms with E-state index in [1.54, 1.807) is 6.92 Å². The minimum Gasteiger partial charge on any atom is -0.300 e. The molecule has 0 saturated carbocycles. The summed E-state index contributed by atoms with van der Waals surface area (Å²) in [5.41, 5.74) is 3.74. The fraction of sp³-hybridized carbons (Fsp3) is 0.500. The van der Waals surface area contributed by atoms with Crippen molar-refractivity contribution in [1.29, 1.82) is 0 Å². The average molecular weight is 204 g/mol. The zero-order valence-electron chi connectivity index (χ0n) is 10.3. The summed E-state index contributed by atoms with van der Waals surface area (Å²) in [4.78, 5) is 11.2. The van der Waals surface area contributed by atoms with Crippen molar-refractivity contribution in [3.63, 3.8) is 0 Å². The summed E-state index contributed by atoms with van der Waals surface area (Å²) in [6.45, 7) is 10.1. The number of ketones is 1. The van der Waals surface area contributed by atoms with E-state index in [-0.39, 0.29) is 11.2 Å². The lowest BCUT2D eigenvalue weighted by Gasteiger charge is -2.24. The van der Waals surface area contributed by atoms with Crippen LogP contribution in [0, 0.1) is 13.8 Å². The lowest BCUT2D eigenvalue weighted by atomic mass is 9.79. The first-order chi connectivity index (χ1) is 6.81. The molecule has 1 aromatic carbocycles. The smallest absolute Gasteiger partial charge is 0.130 e. The molecular weight excluding hydrogens is 184 g/mol. The molecule has 82 valence electrons. The second kappa shape index (κ2) is 4.18. The molecule has 1 nitrogen and oxygen atoms in total. The molecule has 0 saturated heterocycles. The van der Waals surface area contributed by atoms with Crippen LogP contribution in [-0.4, -0.2) is 5.78 Å². The van der Waals surface area contributed by atoms with Crippen LogP contribution in [0.15, 0.2) is 18.2 Å². The molecule has 0 fully saturated rings. The molecule has 0 aliphatic rings. The van der Waals surface area contributed by atoms with Gasteiger partial charge in [-0.1, -0.05) is 43.2 Å². The van der Waals surface area contributed by atoms with E-state index in [2.05, 4.69) is 45.9 Å². The predicted molar refractivity (Wildman–Crippen MR) is 64.2 cm³/mol. The lowest BCUT2D eigenvalue weighted by molar-refractivity contribution is -0.118. The summed E-state index contributed by atoms with van der Waals surface area (Å²) in [6.07, 6.45) is 0.607. The molecule has 0 aliphatic carbocycles. The van der Waals surface area contributed by atoms with Gasteiger partial charge in [0.25, 0.3) is 0 Å². The van der Waals surface area contributed by atoms with Gasteiger partial charge in [-0.2, -0.15) is 0 Å². The zero-order chi connectivity index (χ0) is 11.6. The number of rotatable bonds is 3. The molecular formula is C14H20O. The minimum atomic E-state index is -0.0530.